The van der Waals surface area contributed by atoms with Gasteiger partial charge in [-0.25, -0.2) is 0 Å². The fourth-order valence-electron chi connectivity index (χ4n) is 2.76. The maximum atomic E-state index is 12.3. The lowest BCUT2D eigenvalue weighted by atomic mass is 10.1. The van der Waals surface area contributed by atoms with Gasteiger partial charge in [-0.05, 0) is 17.7 Å². The van der Waals surface area contributed by atoms with E-state index < -0.39 is 0 Å². The van der Waals surface area contributed by atoms with E-state index in [1.54, 1.807) is 6.07 Å². The largest absolute Gasteiger partial charge is 0.486 e. The number of nitrogens with one attached hydrogen (secondary N) is 1. The van der Waals surface area contributed by atoms with Gasteiger partial charge in [-0.1, -0.05) is 47.6 Å². The van der Waals surface area contributed by atoms with Crippen molar-refractivity contribution in [1.82, 2.24) is 10.5 Å². The van der Waals surface area contributed by atoms with Gasteiger partial charge >= 0.3 is 0 Å². The van der Waals surface area contributed by atoms with Gasteiger partial charge in [-0.3, -0.25) is 4.79 Å². The van der Waals surface area contributed by atoms with E-state index in [1.807, 2.05) is 54.6 Å². The Morgan fingerprint density at radius 3 is 2.69 bits per heavy atom. The number of amides is 1. The lowest BCUT2D eigenvalue weighted by Crippen LogP contribution is -2.40. The Labute approximate surface area is 150 Å². The predicted octanol–water partition coefficient (Wildman–Crippen LogP) is 2.84. The summed E-state index contributed by atoms with van der Waals surface area (Å²) in [5.74, 6) is 1.27. The second-order valence-corrected chi connectivity index (χ2v) is 6.05. The Bertz CT molecular complexity index is 892. The molecule has 0 aliphatic carbocycles. The van der Waals surface area contributed by atoms with E-state index in [1.165, 1.54) is 0 Å². The zero-order valence-electron chi connectivity index (χ0n) is 14.1. The fourth-order valence-corrected chi connectivity index (χ4v) is 2.76. The molecule has 0 unspecified atom stereocenters. The number of hydrogen-bond donors (Lipinski definition) is 1. The average molecular weight is 350 g/mol. The molecule has 0 saturated carbocycles. The van der Waals surface area contributed by atoms with Crippen LogP contribution in [0.15, 0.2) is 65.2 Å². The van der Waals surface area contributed by atoms with Gasteiger partial charge in [-0.2, -0.15) is 0 Å². The lowest BCUT2D eigenvalue weighted by molar-refractivity contribution is 0.0768. The van der Waals surface area contributed by atoms with Gasteiger partial charge in [0.2, 0.25) is 5.76 Å². The number of benzene rings is 2. The molecule has 0 radical (unpaired) electrons. The number of ether oxygens (including phenoxy) is 2. The van der Waals surface area contributed by atoms with Crippen molar-refractivity contribution < 1.29 is 18.8 Å². The standard InChI is InChI=1S/C20H18N2O4/c23-20(19-11-15(22-26-19)10-14-6-2-1-3-7-14)21-12-16-13-24-17-8-4-5-9-18(17)25-16/h1-9,11,16H,10,12-13H2,(H,21,23)/t16-/m1/s1. The number of carbonyl (C=O) groups is 1. The molecule has 2 heterocycles. The molecule has 1 N–H and O–H groups in total. The van der Waals surface area contributed by atoms with Crippen LogP contribution in [0.2, 0.25) is 0 Å². The van der Waals surface area contributed by atoms with Crippen molar-refractivity contribution in [2.24, 2.45) is 0 Å². The number of hydrogen-bond acceptors (Lipinski definition) is 5. The topological polar surface area (TPSA) is 73.6 Å². The number of rotatable bonds is 5. The Morgan fingerprint density at radius 2 is 1.85 bits per heavy atom. The summed E-state index contributed by atoms with van der Waals surface area (Å²) in [6, 6.07) is 19.0. The Kier molecular flexibility index (Phi) is 4.55. The maximum absolute atomic E-state index is 12.3. The molecule has 4 rings (SSSR count). The highest BCUT2D eigenvalue weighted by atomic mass is 16.6. The zero-order chi connectivity index (χ0) is 17.8. The second-order valence-electron chi connectivity index (χ2n) is 6.05. The number of para-hydroxylation sites is 2. The average Bonchev–Trinajstić information content (AvgIpc) is 3.15. The molecule has 0 bridgehead atoms. The van der Waals surface area contributed by atoms with Gasteiger partial charge in [0.05, 0.1) is 12.2 Å². The lowest BCUT2D eigenvalue weighted by Gasteiger charge is -2.26. The molecular weight excluding hydrogens is 332 g/mol. The summed E-state index contributed by atoms with van der Waals surface area (Å²) in [6.07, 6.45) is 0.370. The molecule has 2 aromatic carbocycles. The molecular formula is C20H18N2O4. The molecule has 1 amide bonds. The fraction of sp³-hybridized carbons (Fsp3) is 0.200. The van der Waals surface area contributed by atoms with Crippen LogP contribution in [0.4, 0.5) is 0 Å². The van der Waals surface area contributed by atoms with Crippen LogP contribution in [-0.4, -0.2) is 30.3 Å². The van der Waals surface area contributed by atoms with E-state index in [2.05, 4.69) is 10.5 Å². The van der Waals surface area contributed by atoms with E-state index in [4.69, 9.17) is 14.0 Å². The highest BCUT2D eigenvalue weighted by Gasteiger charge is 2.22. The molecule has 6 nitrogen and oxygen atoms in total. The maximum Gasteiger partial charge on any atom is 0.290 e. The second kappa shape index (κ2) is 7.31. The van der Waals surface area contributed by atoms with E-state index in [9.17, 15) is 4.79 Å². The van der Waals surface area contributed by atoms with Crippen molar-refractivity contribution in [2.75, 3.05) is 13.2 Å². The molecule has 1 aliphatic heterocycles. The predicted molar refractivity (Wildman–Crippen MR) is 94.4 cm³/mol. The molecule has 3 aromatic rings. The summed E-state index contributed by atoms with van der Waals surface area (Å²) in [5.41, 5.74) is 1.83. The Hall–Kier alpha value is -3.28. The highest BCUT2D eigenvalue weighted by molar-refractivity contribution is 5.91. The first-order chi connectivity index (χ1) is 12.8. The summed E-state index contributed by atoms with van der Waals surface area (Å²) >= 11 is 0. The minimum absolute atomic E-state index is 0.188. The molecule has 1 atom stereocenters. The number of aromatic nitrogens is 1. The minimum atomic E-state index is -0.320. The SMILES string of the molecule is O=C(NC[C@@H]1COc2ccccc2O1)c1cc(Cc2ccccc2)no1. The monoisotopic (exact) mass is 350 g/mol. The van der Waals surface area contributed by atoms with Gasteiger partial charge in [0.1, 0.15) is 12.7 Å². The first-order valence-electron chi connectivity index (χ1n) is 8.44. The quantitative estimate of drug-likeness (QED) is 0.766. The Balaban J connectivity index is 1.32. The molecule has 26 heavy (non-hydrogen) atoms. The van der Waals surface area contributed by atoms with Crippen molar-refractivity contribution in [3.8, 4) is 11.5 Å². The van der Waals surface area contributed by atoms with Gasteiger partial charge in [-0.15, -0.1) is 0 Å². The number of carbonyl (C=O) groups excluding carboxylic acids is 1. The van der Waals surface area contributed by atoms with Gasteiger partial charge in [0.25, 0.3) is 5.91 Å². The van der Waals surface area contributed by atoms with Crippen LogP contribution in [0.5, 0.6) is 11.5 Å². The third kappa shape index (κ3) is 3.69. The van der Waals surface area contributed by atoms with E-state index >= 15 is 0 Å². The zero-order valence-corrected chi connectivity index (χ0v) is 14.1. The van der Waals surface area contributed by atoms with Crippen molar-refractivity contribution in [3.05, 3.63) is 77.7 Å². The van der Waals surface area contributed by atoms with Gasteiger partial charge < -0.3 is 19.3 Å². The van der Waals surface area contributed by atoms with Crippen molar-refractivity contribution in [3.63, 3.8) is 0 Å². The first-order valence-corrected chi connectivity index (χ1v) is 8.44. The molecule has 0 fully saturated rings. The van der Waals surface area contributed by atoms with Crippen molar-refractivity contribution >= 4 is 5.91 Å². The smallest absolute Gasteiger partial charge is 0.290 e. The molecule has 6 heteroatoms. The number of nitrogens with zero attached hydrogens (tertiary/aromatic N) is 1. The summed E-state index contributed by atoms with van der Waals surface area (Å²) in [5, 5.41) is 6.76. The van der Waals surface area contributed by atoms with Crippen LogP contribution in [0.1, 0.15) is 21.8 Å². The van der Waals surface area contributed by atoms with Crippen molar-refractivity contribution in [2.45, 2.75) is 12.5 Å². The molecule has 0 saturated heterocycles. The van der Waals surface area contributed by atoms with Crippen LogP contribution in [0, 0.1) is 0 Å². The normalized spacial score (nSPS) is 15.5. The third-order valence-electron chi connectivity index (χ3n) is 4.07. The van der Waals surface area contributed by atoms with E-state index in [0.29, 0.717) is 31.0 Å². The number of fused-ring (bicyclic) bond motifs is 1. The highest BCUT2D eigenvalue weighted by Crippen LogP contribution is 2.30. The third-order valence-corrected chi connectivity index (χ3v) is 4.07. The van der Waals surface area contributed by atoms with Gasteiger partial charge in [0.15, 0.2) is 11.5 Å². The summed E-state index contributed by atoms with van der Waals surface area (Å²) < 4.78 is 16.6. The minimum Gasteiger partial charge on any atom is -0.486 e. The van der Waals surface area contributed by atoms with E-state index in [-0.39, 0.29) is 17.8 Å². The van der Waals surface area contributed by atoms with Crippen LogP contribution in [-0.2, 0) is 6.42 Å². The summed E-state index contributed by atoms with van der Waals surface area (Å²) in [7, 11) is 0. The van der Waals surface area contributed by atoms with E-state index in [0.717, 1.165) is 11.3 Å². The van der Waals surface area contributed by atoms with Gasteiger partial charge in [0, 0.05) is 12.5 Å². The van der Waals surface area contributed by atoms with Crippen molar-refractivity contribution in [1.29, 1.82) is 0 Å². The molecule has 1 aliphatic rings. The first kappa shape index (κ1) is 16.2. The summed E-state index contributed by atoms with van der Waals surface area (Å²) in [4.78, 5) is 12.3. The molecule has 1 aromatic heterocycles. The molecule has 132 valence electrons. The van der Waals surface area contributed by atoms with Crippen LogP contribution >= 0.6 is 0 Å². The Morgan fingerprint density at radius 1 is 1.08 bits per heavy atom. The van der Waals surface area contributed by atoms with Crippen LogP contribution < -0.4 is 14.8 Å². The molecule has 0 spiro atoms. The summed E-state index contributed by atoms with van der Waals surface area (Å²) in [6.45, 7) is 0.703. The van der Waals surface area contributed by atoms with Crippen LogP contribution in [0.25, 0.3) is 0 Å². The van der Waals surface area contributed by atoms with Crippen LogP contribution in [0.3, 0.4) is 0 Å².